The second-order valence-electron chi connectivity index (χ2n) is 4.17. The highest BCUT2D eigenvalue weighted by molar-refractivity contribution is 9.10. The van der Waals surface area contributed by atoms with E-state index in [1.54, 1.807) is 25.1 Å². The third kappa shape index (κ3) is 2.59. The van der Waals surface area contributed by atoms with Crippen LogP contribution in [0.1, 0.15) is 24.8 Å². The number of rotatable bonds is 3. The number of fused-ring (bicyclic) bond motifs is 1. The average molecular weight is 333 g/mol. The zero-order valence-electron chi connectivity index (χ0n) is 9.85. The first-order valence-electron chi connectivity index (χ1n) is 5.62. The predicted molar refractivity (Wildman–Crippen MR) is 70.2 cm³/mol. The van der Waals surface area contributed by atoms with E-state index >= 15 is 0 Å². The first kappa shape index (κ1) is 13.5. The number of halogens is 1. The van der Waals surface area contributed by atoms with E-state index in [0.29, 0.717) is 17.1 Å². The van der Waals surface area contributed by atoms with Crippen LogP contribution in [0.3, 0.4) is 0 Å². The van der Waals surface area contributed by atoms with Crippen molar-refractivity contribution in [3.8, 4) is 0 Å². The summed E-state index contributed by atoms with van der Waals surface area (Å²) in [6.07, 6.45) is 0.113. The van der Waals surface area contributed by atoms with Crippen LogP contribution in [0.5, 0.6) is 0 Å². The summed E-state index contributed by atoms with van der Waals surface area (Å²) in [5.74, 6) is -0.664. The summed E-state index contributed by atoms with van der Waals surface area (Å²) < 4.78 is 29.6. The number of carbonyl (C=O) groups excluding carboxylic acids is 1. The molecular weight excluding hydrogens is 320 g/mol. The molecule has 1 unspecified atom stereocenters. The zero-order valence-corrected chi connectivity index (χ0v) is 12.3. The Balaban J connectivity index is 2.31. The predicted octanol–water partition coefficient (Wildman–Crippen LogP) is 2.27. The molecule has 0 bridgehead atoms. The molecule has 4 nitrogen and oxygen atoms in total. The maximum absolute atomic E-state index is 12.0. The van der Waals surface area contributed by atoms with Crippen molar-refractivity contribution in [1.29, 1.82) is 0 Å². The van der Waals surface area contributed by atoms with E-state index < -0.39 is 9.84 Å². The molecule has 18 heavy (non-hydrogen) atoms. The zero-order chi connectivity index (χ0) is 13.3. The Morgan fingerprint density at radius 1 is 1.50 bits per heavy atom. The largest absolute Gasteiger partial charge is 0.466 e. The molecule has 1 atom stereocenters. The highest BCUT2D eigenvalue weighted by Crippen LogP contribution is 2.38. The van der Waals surface area contributed by atoms with Crippen molar-refractivity contribution in [1.82, 2.24) is 0 Å². The van der Waals surface area contributed by atoms with Gasteiger partial charge in [-0.15, -0.1) is 0 Å². The molecule has 1 aliphatic heterocycles. The molecule has 0 radical (unpaired) electrons. The van der Waals surface area contributed by atoms with E-state index in [2.05, 4.69) is 15.9 Å². The molecule has 1 aromatic carbocycles. The summed E-state index contributed by atoms with van der Waals surface area (Å²) in [4.78, 5) is 11.8. The minimum atomic E-state index is -3.28. The molecule has 1 aliphatic rings. The van der Waals surface area contributed by atoms with Gasteiger partial charge < -0.3 is 4.74 Å². The van der Waals surface area contributed by atoms with Crippen LogP contribution < -0.4 is 0 Å². The van der Waals surface area contributed by atoms with Crippen LogP contribution in [0.25, 0.3) is 0 Å². The Labute approximate surface area is 114 Å². The van der Waals surface area contributed by atoms with Gasteiger partial charge in [-0.05, 0) is 24.6 Å². The van der Waals surface area contributed by atoms with Gasteiger partial charge in [0, 0.05) is 10.4 Å². The monoisotopic (exact) mass is 332 g/mol. The molecular formula is C12H13BrO4S. The van der Waals surface area contributed by atoms with Gasteiger partial charge in [0.2, 0.25) is 0 Å². The normalized spacial score (nSPS) is 20.4. The molecule has 1 heterocycles. The summed E-state index contributed by atoms with van der Waals surface area (Å²) in [6, 6.07) is 5.14. The minimum Gasteiger partial charge on any atom is -0.466 e. The van der Waals surface area contributed by atoms with E-state index in [1.807, 2.05) is 0 Å². The first-order chi connectivity index (χ1) is 8.44. The number of sulfone groups is 1. The van der Waals surface area contributed by atoms with Gasteiger partial charge in [0.1, 0.15) is 0 Å². The molecule has 0 spiro atoms. The Kier molecular flexibility index (Phi) is 3.77. The van der Waals surface area contributed by atoms with Gasteiger partial charge in [-0.3, -0.25) is 4.79 Å². The number of hydrogen-bond donors (Lipinski definition) is 0. The Bertz CT molecular complexity index is 580. The molecule has 0 aliphatic carbocycles. The van der Waals surface area contributed by atoms with Crippen molar-refractivity contribution in [2.45, 2.75) is 24.2 Å². The number of esters is 1. The van der Waals surface area contributed by atoms with Gasteiger partial charge in [-0.2, -0.15) is 0 Å². The average Bonchev–Trinajstić information content (AvgIpc) is 2.50. The fourth-order valence-electron chi connectivity index (χ4n) is 2.15. The van der Waals surface area contributed by atoms with Crippen LogP contribution >= 0.6 is 15.9 Å². The minimum absolute atomic E-state index is 0.0163. The van der Waals surface area contributed by atoms with E-state index in [0.717, 1.165) is 4.47 Å². The van der Waals surface area contributed by atoms with Crippen LogP contribution in [0.4, 0.5) is 0 Å². The number of ether oxygens (including phenoxy) is 1. The maximum Gasteiger partial charge on any atom is 0.306 e. The molecule has 98 valence electrons. The van der Waals surface area contributed by atoms with E-state index in [1.165, 1.54) is 0 Å². The molecule has 0 fully saturated rings. The van der Waals surface area contributed by atoms with Gasteiger partial charge in [0.15, 0.2) is 9.84 Å². The molecule has 0 saturated carbocycles. The third-order valence-corrected chi connectivity index (χ3v) is 5.25. The lowest BCUT2D eigenvalue weighted by atomic mass is 9.98. The molecule has 0 N–H and O–H groups in total. The fourth-order valence-corrected chi connectivity index (χ4v) is 4.57. The van der Waals surface area contributed by atoms with Crippen molar-refractivity contribution in [2.75, 3.05) is 12.4 Å². The Morgan fingerprint density at radius 2 is 2.22 bits per heavy atom. The first-order valence-corrected chi connectivity index (χ1v) is 8.06. The SMILES string of the molecule is CCOC(=O)CC1CS(=O)(=O)c2cc(Br)ccc21. The van der Waals surface area contributed by atoms with Crippen LogP contribution in [0, 0.1) is 0 Å². The maximum atomic E-state index is 12.0. The molecule has 0 aromatic heterocycles. The summed E-state index contributed by atoms with van der Waals surface area (Å²) in [5.41, 5.74) is 0.714. The van der Waals surface area contributed by atoms with Gasteiger partial charge in [0.05, 0.1) is 23.7 Å². The van der Waals surface area contributed by atoms with E-state index in [-0.39, 0.29) is 24.1 Å². The summed E-state index contributed by atoms with van der Waals surface area (Å²) in [7, 11) is -3.28. The molecule has 6 heteroatoms. The van der Waals surface area contributed by atoms with Crippen LogP contribution in [0.15, 0.2) is 27.6 Å². The summed E-state index contributed by atoms with van der Waals surface area (Å²) in [5, 5.41) is 0. The molecule has 1 aromatic rings. The van der Waals surface area contributed by atoms with Crippen molar-refractivity contribution >= 4 is 31.7 Å². The van der Waals surface area contributed by atoms with Crippen LogP contribution in [-0.4, -0.2) is 26.7 Å². The topological polar surface area (TPSA) is 60.4 Å². The third-order valence-electron chi connectivity index (χ3n) is 2.89. The number of carbonyl (C=O) groups is 1. The van der Waals surface area contributed by atoms with Crippen molar-refractivity contribution in [3.05, 3.63) is 28.2 Å². The lowest BCUT2D eigenvalue weighted by Gasteiger charge is -2.08. The van der Waals surface area contributed by atoms with Gasteiger partial charge in [-0.25, -0.2) is 8.42 Å². The highest BCUT2D eigenvalue weighted by Gasteiger charge is 2.36. The molecule has 0 amide bonds. The highest BCUT2D eigenvalue weighted by atomic mass is 79.9. The Morgan fingerprint density at radius 3 is 2.89 bits per heavy atom. The van der Waals surface area contributed by atoms with Crippen LogP contribution in [-0.2, 0) is 19.4 Å². The second kappa shape index (κ2) is 5.01. The standard InChI is InChI=1S/C12H13BrO4S/c1-2-17-12(14)5-8-7-18(15,16)11-6-9(13)3-4-10(8)11/h3-4,6,8H,2,5,7H2,1H3. The smallest absolute Gasteiger partial charge is 0.306 e. The van der Waals surface area contributed by atoms with Crippen molar-refractivity contribution in [2.24, 2.45) is 0 Å². The summed E-state index contributed by atoms with van der Waals surface area (Å²) in [6.45, 7) is 2.04. The molecule has 2 rings (SSSR count). The van der Waals surface area contributed by atoms with Gasteiger partial charge in [0.25, 0.3) is 0 Å². The van der Waals surface area contributed by atoms with E-state index in [9.17, 15) is 13.2 Å². The van der Waals surface area contributed by atoms with Crippen molar-refractivity contribution < 1.29 is 17.9 Å². The lowest BCUT2D eigenvalue weighted by molar-refractivity contribution is -0.143. The second-order valence-corrected chi connectivity index (χ2v) is 7.09. The fraction of sp³-hybridized carbons (Fsp3) is 0.417. The summed E-state index contributed by atoms with van der Waals surface area (Å²) >= 11 is 3.26. The van der Waals surface area contributed by atoms with E-state index in [4.69, 9.17) is 4.74 Å². The van der Waals surface area contributed by atoms with Gasteiger partial charge >= 0.3 is 5.97 Å². The Hall–Kier alpha value is -0.880. The van der Waals surface area contributed by atoms with Crippen LogP contribution in [0.2, 0.25) is 0 Å². The lowest BCUT2D eigenvalue weighted by Crippen LogP contribution is -2.12. The van der Waals surface area contributed by atoms with Crippen molar-refractivity contribution in [3.63, 3.8) is 0 Å². The number of hydrogen-bond acceptors (Lipinski definition) is 4. The molecule has 0 saturated heterocycles. The quantitative estimate of drug-likeness (QED) is 0.796. The van der Waals surface area contributed by atoms with Gasteiger partial charge in [-0.1, -0.05) is 22.0 Å². The number of benzene rings is 1.